The highest BCUT2D eigenvalue weighted by Crippen LogP contribution is 2.18. The van der Waals surface area contributed by atoms with Gasteiger partial charge in [-0.1, -0.05) is 48.9 Å². The van der Waals surface area contributed by atoms with E-state index in [-0.39, 0.29) is 35.6 Å². The summed E-state index contributed by atoms with van der Waals surface area (Å²) in [6, 6.07) is 12.8. The lowest BCUT2D eigenvalue weighted by Crippen LogP contribution is -2.41. The Kier molecular flexibility index (Phi) is 16.2. The number of carbonyl (C=O) groups is 3. The Balaban J connectivity index is 0.000000603. The van der Waals surface area contributed by atoms with Crippen LogP contribution in [-0.2, 0) is 9.53 Å². The van der Waals surface area contributed by atoms with Crippen LogP contribution in [0.3, 0.4) is 0 Å². The number of rotatable bonds is 9. The second-order valence-corrected chi connectivity index (χ2v) is 10.8. The second-order valence-electron chi connectivity index (χ2n) is 10.8. The molecule has 0 spiro atoms. The molecule has 10 nitrogen and oxygen atoms in total. The van der Waals surface area contributed by atoms with Crippen molar-refractivity contribution in [1.82, 2.24) is 20.5 Å². The van der Waals surface area contributed by atoms with Crippen LogP contribution in [0.2, 0.25) is 0 Å². The number of nitrogens with zero attached hydrogens (tertiary/aromatic N) is 2. The van der Waals surface area contributed by atoms with Gasteiger partial charge in [-0.05, 0) is 44.4 Å². The molecule has 2 unspecified atom stereocenters. The van der Waals surface area contributed by atoms with Crippen LogP contribution in [0.15, 0.2) is 78.3 Å². The van der Waals surface area contributed by atoms with Crippen LogP contribution in [0, 0.1) is 12.8 Å². The fourth-order valence-electron chi connectivity index (χ4n) is 4.40. The van der Waals surface area contributed by atoms with Gasteiger partial charge >= 0.3 is 0 Å². The highest BCUT2D eigenvalue weighted by atomic mass is 19.1. The summed E-state index contributed by atoms with van der Waals surface area (Å²) in [7, 11) is 4.71. The predicted molar refractivity (Wildman–Crippen MR) is 173 cm³/mol. The van der Waals surface area contributed by atoms with Crippen LogP contribution in [0.25, 0.3) is 0 Å². The first-order chi connectivity index (χ1) is 21.6. The zero-order chi connectivity index (χ0) is 33.2. The van der Waals surface area contributed by atoms with Crippen LogP contribution < -0.4 is 21.1 Å². The van der Waals surface area contributed by atoms with Gasteiger partial charge in [0.25, 0.3) is 11.8 Å². The monoisotopic (exact) mass is 623 g/mol. The fraction of sp³-hybridized carbons (Fsp3) is 0.412. The number of aryl methyl sites for hydroxylation is 1. The number of carbonyl (C=O) groups excluding carboxylic acids is 3. The van der Waals surface area contributed by atoms with E-state index in [9.17, 15) is 18.8 Å². The first-order valence-corrected chi connectivity index (χ1v) is 14.9. The normalized spacial score (nSPS) is 15.0. The molecule has 1 aliphatic heterocycles. The highest BCUT2D eigenvalue weighted by Gasteiger charge is 2.23. The topological polar surface area (TPSA) is 136 Å². The molecule has 11 heteroatoms. The van der Waals surface area contributed by atoms with E-state index in [2.05, 4.69) is 39.4 Å². The van der Waals surface area contributed by atoms with Crippen LogP contribution in [0.5, 0.6) is 5.75 Å². The van der Waals surface area contributed by atoms with E-state index < -0.39 is 17.9 Å². The highest BCUT2D eigenvalue weighted by molar-refractivity contribution is 5.97. The smallest absolute Gasteiger partial charge is 0.272 e. The minimum atomic E-state index is -0.490. The standard InChI is InChI=1S/C25H32FN5O4.C7H8.C2H6O/c1-16(23(32)29-19-7-5-6-17(26)8-9-19)12-18(27)15-28-24(33)21-13-20(35-2)14-22(30-21)25(34)31-10-3-4-11-31;1-7-5-3-2-4-6-7;1-3-2/h5-6,8-9,13-14,16,18H,3-4,7,10-12,15,27H2,1-2H3,(H,28,33)(H,29,32);2-6H,1H3;1-2H3. The van der Waals surface area contributed by atoms with Gasteiger partial charge < -0.3 is 30.7 Å². The molecule has 1 aromatic heterocycles. The number of allylic oxidation sites excluding steroid dienone is 5. The third kappa shape index (κ3) is 13.4. The molecule has 2 heterocycles. The molecule has 45 heavy (non-hydrogen) atoms. The molecule has 1 aromatic carbocycles. The summed E-state index contributed by atoms with van der Waals surface area (Å²) in [5.74, 6) is -1.40. The Morgan fingerprint density at radius 3 is 2.29 bits per heavy atom. The number of amides is 3. The lowest BCUT2D eigenvalue weighted by Gasteiger charge is -2.19. The molecular formula is C34H46FN5O5. The van der Waals surface area contributed by atoms with Crippen molar-refractivity contribution in [1.29, 1.82) is 0 Å². The molecule has 0 radical (unpaired) electrons. The zero-order valence-corrected chi connectivity index (χ0v) is 26.8. The number of ether oxygens (including phenoxy) is 2. The molecule has 4 N–H and O–H groups in total. The van der Waals surface area contributed by atoms with E-state index in [1.54, 1.807) is 32.1 Å². The first-order valence-electron chi connectivity index (χ1n) is 14.9. The van der Waals surface area contributed by atoms with Crippen molar-refractivity contribution < 1.29 is 28.2 Å². The van der Waals surface area contributed by atoms with Gasteiger partial charge in [0.05, 0.1) is 7.11 Å². The summed E-state index contributed by atoms with van der Waals surface area (Å²) in [5.41, 5.74) is 8.27. The Morgan fingerprint density at radius 2 is 1.69 bits per heavy atom. The number of benzene rings is 1. The molecule has 0 bridgehead atoms. The van der Waals surface area contributed by atoms with Crippen molar-refractivity contribution in [3.8, 4) is 5.75 Å². The van der Waals surface area contributed by atoms with Gasteiger partial charge in [0.1, 0.15) is 23.0 Å². The van der Waals surface area contributed by atoms with E-state index in [4.69, 9.17) is 10.5 Å². The summed E-state index contributed by atoms with van der Waals surface area (Å²) in [6.45, 7) is 5.27. The average molecular weight is 624 g/mol. The molecule has 3 amide bonds. The third-order valence-corrected chi connectivity index (χ3v) is 6.79. The molecule has 1 saturated heterocycles. The van der Waals surface area contributed by atoms with Gasteiger partial charge in [-0.2, -0.15) is 0 Å². The molecule has 2 atom stereocenters. The Labute approximate surface area is 265 Å². The molecular weight excluding hydrogens is 577 g/mol. The van der Waals surface area contributed by atoms with Gasteiger partial charge in [0, 0.05) is 70.1 Å². The van der Waals surface area contributed by atoms with E-state index >= 15 is 0 Å². The Morgan fingerprint density at radius 1 is 1.04 bits per heavy atom. The summed E-state index contributed by atoms with van der Waals surface area (Å²) < 4.78 is 22.8. The van der Waals surface area contributed by atoms with Gasteiger partial charge in [-0.3, -0.25) is 14.4 Å². The van der Waals surface area contributed by atoms with E-state index in [0.717, 1.165) is 12.8 Å². The number of halogens is 1. The number of methoxy groups -OCH3 is 2. The van der Waals surface area contributed by atoms with Crippen LogP contribution in [-0.4, -0.2) is 74.6 Å². The second kappa shape index (κ2) is 19.8. The molecule has 4 rings (SSSR count). The van der Waals surface area contributed by atoms with Gasteiger partial charge in [-0.25, -0.2) is 9.37 Å². The summed E-state index contributed by atoms with van der Waals surface area (Å²) in [4.78, 5) is 43.9. The average Bonchev–Trinajstić information content (AvgIpc) is 3.50. The van der Waals surface area contributed by atoms with Crippen molar-refractivity contribution in [2.75, 3.05) is 41.0 Å². The lowest BCUT2D eigenvalue weighted by atomic mass is 10.0. The van der Waals surface area contributed by atoms with E-state index in [1.807, 2.05) is 18.2 Å². The summed E-state index contributed by atoms with van der Waals surface area (Å²) in [5, 5.41) is 5.50. The minimum absolute atomic E-state index is 0.0542. The van der Waals surface area contributed by atoms with E-state index in [1.165, 1.54) is 43.0 Å². The largest absolute Gasteiger partial charge is 0.497 e. The zero-order valence-electron chi connectivity index (χ0n) is 26.8. The quantitative estimate of drug-likeness (QED) is 0.375. The number of hydrogen-bond acceptors (Lipinski definition) is 7. The first kappa shape index (κ1) is 36.8. The van der Waals surface area contributed by atoms with Crippen LogP contribution >= 0.6 is 0 Å². The Bertz CT molecular complexity index is 1340. The molecule has 1 aliphatic carbocycles. The maximum absolute atomic E-state index is 13.3. The van der Waals surface area contributed by atoms with Gasteiger partial charge in [-0.15, -0.1) is 0 Å². The number of pyridine rings is 1. The van der Waals surface area contributed by atoms with Gasteiger partial charge in [0.2, 0.25) is 5.91 Å². The molecule has 2 aromatic rings. The number of likely N-dealkylation sites (tertiary alicyclic amines) is 1. The van der Waals surface area contributed by atoms with Crippen molar-refractivity contribution in [2.45, 2.75) is 45.6 Å². The van der Waals surface area contributed by atoms with Gasteiger partial charge in [0.15, 0.2) is 0 Å². The lowest BCUT2D eigenvalue weighted by molar-refractivity contribution is -0.124. The maximum atomic E-state index is 13.3. The molecule has 244 valence electrons. The fourth-order valence-corrected chi connectivity index (χ4v) is 4.40. The molecule has 2 aliphatic rings. The SMILES string of the molecule is COC.COc1cc(C(=O)NCC(N)CC(C)C(=O)NC2=CC=C(F)C=CC2)nc(C(=O)N2CCCC2)c1.Cc1ccccc1. The summed E-state index contributed by atoms with van der Waals surface area (Å²) in [6.07, 6.45) is 8.44. The summed E-state index contributed by atoms with van der Waals surface area (Å²) >= 11 is 0. The number of aromatic nitrogens is 1. The van der Waals surface area contributed by atoms with Crippen molar-refractivity contribution in [2.24, 2.45) is 11.7 Å². The minimum Gasteiger partial charge on any atom is -0.497 e. The van der Waals surface area contributed by atoms with Crippen LogP contribution in [0.4, 0.5) is 4.39 Å². The van der Waals surface area contributed by atoms with Crippen molar-refractivity contribution in [3.63, 3.8) is 0 Å². The van der Waals surface area contributed by atoms with E-state index in [0.29, 0.717) is 37.4 Å². The predicted octanol–water partition coefficient (Wildman–Crippen LogP) is 4.48. The number of nitrogens with two attached hydrogens (primary N) is 1. The number of hydrogen-bond donors (Lipinski definition) is 3. The molecule has 0 saturated carbocycles. The van der Waals surface area contributed by atoms with Crippen molar-refractivity contribution >= 4 is 17.7 Å². The Hall–Kier alpha value is -4.35. The van der Waals surface area contributed by atoms with Crippen molar-refractivity contribution in [3.05, 3.63) is 95.2 Å². The van der Waals surface area contributed by atoms with Crippen LogP contribution in [0.1, 0.15) is 59.1 Å². The number of nitrogens with one attached hydrogen (secondary N) is 2. The maximum Gasteiger partial charge on any atom is 0.272 e. The molecule has 1 fully saturated rings. The third-order valence-electron chi connectivity index (χ3n) is 6.79.